The quantitative estimate of drug-likeness (QED) is 0.763. The van der Waals surface area contributed by atoms with Gasteiger partial charge in [0.1, 0.15) is 0 Å². The van der Waals surface area contributed by atoms with Gasteiger partial charge >= 0.3 is 5.97 Å². The summed E-state index contributed by atoms with van der Waals surface area (Å²) in [5, 5.41) is 12.2. The summed E-state index contributed by atoms with van der Waals surface area (Å²) in [7, 11) is -2.47. The minimum Gasteiger partial charge on any atom is -0.481 e. The number of carbonyl (C=O) groups is 2. The molecular formula is C12H20N2O4S. The van der Waals surface area contributed by atoms with Crippen LogP contribution in [0.2, 0.25) is 0 Å². The summed E-state index contributed by atoms with van der Waals surface area (Å²) in [4.78, 5) is 23.3. The van der Waals surface area contributed by atoms with Crippen LogP contribution in [0.5, 0.6) is 0 Å². The summed E-state index contributed by atoms with van der Waals surface area (Å²) in [6.45, 7) is 3.13. The van der Waals surface area contributed by atoms with Crippen LogP contribution in [-0.4, -0.2) is 45.8 Å². The Hall–Kier alpha value is -0.950. The SMILES string of the molecule is CC1CC(C(=O)O)C(C(=O)N=S2(=O)CCNCC2)C1. The molecule has 6 nitrogen and oxygen atoms in total. The standard InChI is InChI=1S/C12H20N2O4S/c1-8-6-9(10(7-8)12(16)17)11(15)14-19(18)4-2-13-3-5-19/h8-10,13H,2-7H2,1H3,(H,16,17). The number of hydrogen-bond acceptors (Lipinski definition) is 4. The second kappa shape index (κ2) is 5.58. The zero-order valence-electron chi connectivity index (χ0n) is 11.0. The van der Waals surface area contributed by atoms with Gasteiger partial charge in [0, 0.05) is 24.6 Å². The lowest BCUT2D eigenvalue weighted by Crippen LogP contribution is -2.36. The molecule has 0 bridgehead atoms. The smallest absolute Gasteiger partial charge is 0.307 e. The number of nitrogens with zero attached hydrogens (tertiary/aromatic N) is 1. The lowest BCUT2D eigenvalue weighted by molar-refractivity contribution is -0.145. The fraction of sp³-hybridized carbons (Fsp3) is 0.833. The van der Waals surface area contributed by atoms with E-state index in [1.54, 1.807) is 0 Å². The third-order valence-electron chi connectivity index (χ3n) is 3.88. The van der Waals surface area contributed by atoms with Gasteiger partial charge in [0.15, 0.2) is 0 Å². The molecule has 1 aliphatic carbocycles. The van der Waals surface area contributed by atoms with Gasteiger partial charge in [0.2, 0.25) is 0 Å². The van der Waals surface area contributed by atoms with Gasteiger partial charge in [-0.25, -0.2) is 4.21 Å². The highest BCUT2D eigenvalue weighted by atomic mass is 32.2. The average Bonchev–Trinajstić information content (AvgIpc) is 2.72. The molecule has 1 saturated carbocycles. The molecule has 2 rings (SSSR count). The first-order valence-corrected chi connectivity index (χ1v) is 8.46. The van der Waals surface area contributed by atoms with Gasteiger partial charge < -0.3 is 10.4 Å². The Morgan fingerprint density at radius 1 is 1.21 bits per heavy atom. The van der Waals surface area contributed by atoms with Crippen molar-refractivity contribution in [3.05, 3.63) is 0 Å². The molecule has 1 saturated heterocycles. The molecule has 0 spiro atoms. The minimum absolute atomic E-state index is 0.205. The first-order chi connectivity index (χ1) is 8.91. The molecule has 19 heavy (non-hydrogen) atoms. The van der Waals surface area contributed by atoms with Crippen LogP contribution in [0.1, 0.15) is 19.8 Å². The molecule has 0 aromatic heterocycles. The maximum atomic E-state index is 12.4. The third kappa shape index (κ3) is 3.33. The van der Waals surface area contributed by atoms with Crippen LogP contribution < -0.4 is 5.32 Å². The lowest BCUT2D eigenvalue weighted by atomic mass is 9.96. The van der Waals surface area contributed by atoms with E-state index in [2.05, 4.69) is 9.68 Å². The normalized spacial score (nSPS) is 33.8. The van der Waals surface area contributed by atoms with Gasteiger partial charge in [-0.15, -0.1) is 0 Å². The molecule has 3 unspecified atom stereocenters. The molecular weight excluding hydrogens is 268 g/mol. The second-order valence-corrected chi connectivity index (χ2v) is 8.03. The van der Waals surface area contributed by atoms with Crippen molar-refractivity contribution in [3.63, 3.8) is 0 Å². The number of rotatable bonds is 2. The largest absolute Gasteiger partial charge is 0.481 e. The number of nitrogens with one attached hydrogen (secondary N) is 1. The highest BCUT2D eigenvalue weighted by molar-refractivity contribution is 7.94. The number of aliphatic carboxylic acids is 1. The Balaban J connectivity index is 2.17. The molecule has 3 atom stereocenters. The van der Waals surface area contributed by atoms with Crippen LogP contribution in [0, 0.1) is 17.8 Å². The van der Waals surface area contributed by atoms with E-state index in [1.807, 2.05) is 6.92 Å². The first-order valence-electron chi connectivity index (χ1n) is 6.61. The van der Waals surface area contributed by atoms with Gasteiger partial charge in [-0.05, 0) is 18.8 Å². The Bertz CT molecular complexity index is 484. The Morgan fingerprint density at radius 2 is 1.79 bits per heavy atom. The maximum Gasteiger partial charge on any atom is 0.307 e. The predicted octanol–water partition coefficient (Wildman–Crippen LogP) is 0.331. The maximum absolute atomic E-state index is 12.4. The molecule has 0 aromatic carbocycles. The van der Waals surface area contributed by atoms with Crippen LogP contribution in [0.3, 0.4) is 0 Å². The third-order valence-corrected chi connectivity index (χ3v) is 6.08. The van der Waals surface area contributed by atoms with E-state index in [4.69, 9.17) is 5.11 Å². The molecule has 1 aliphatic heterocycles. The van der Waals surface area contributed by atoms with Crippen LogP contribution in [0.4, 0.5) is 0 Å². The van der Waals surface area contributed by atoms with Crippen LogP contribution >= 0.6 is 0 Å². The predicted molar refractivity (Wildman–Crippen MR) is 71.2 cm³/mol. The van der Waals surface area contributed by atoms with Gasteiger partial charge in [-0.1, -0.05) is 6.92 Å². The van der Waals surface area contributed by atoms with Crippen molar-refractivity contribution in [2.75, 3.05) is 24.6 Å². The van der Waals surface area contributed by atoms with Gasteiger partial charge in [-0.2, -0.15) is 4.36 Å². The summed E-state index contributed by atoms with van der Waals surface area (Å²) < 4.78 is 16.3. The van der Waals surface area contributed by atoms with E-state index in [1.165, 1.54) is 0 Å². The molecule has 1 heterocycles. The van der Waals surface area contributed by atoms with Crippen LogP contribution in [0.15, 0.2) is 4.36 Å². The van der Waals surface area contributed by atoms with E-state index in [-0.39, 0.29) is 5.92 Å². The molecule has 2 aliphatic rings. The lowest BCUT2D eigenvalue weighted by Gasteiger charge is -2.18. The molecule has 108 valence electrons. The van der Waals surface area contributed by atoms with Crippen molar-refractivity contribution in [3.8, 4) is 0 Å². The van der Waals surface area contributed by atoms with Gasteiger partial charge in [-0.3, -0.25) is 9.59 Å². The number of carboxylic acids is 1. The van der Waals surface area contributed by atoms with E-state index in [0.717, 1.165) is 0 Å². The fourth-order valence-electron chi connectivity index (χ4n) is 2.85. The summed E-state index contributed by atoms with van der Waals surface area (Å²) in [6.07, 6.45) is 1.04. The molecule has 2 N–H and O–H groups in total. The zero-order chi connectivity index (χ0) is 14.0. The van der Waals surface area contributed by atoms with E-state index < -0.39 is 33.4 Å². The summed E-state index contributed by atoms with van der Waals surface area (Å²) in [5.74, 6) is -1.73. The average molecular weight is 288 g/mol. The van der Waals surface area contributed by atoms with Crippen molar-refractivity contribution in [1.82, 2.24) is 5.32 Å². The van der Waals surface area contributed by atoms with Crippen LogP contribution in [-0.2, 0) is 19.3 Å². The van der Waals surface area contributed by atoms with E-state index in [0.29, 0.717) is 37.4 Å². The highest BCUT2D eigenvalue weighted by Gasteiger charge is 2.41. The first kappa shape index (κ1) is 14.5. The van der Waals surface area contributed by atoms with Crippen molar-refractivity contribution in [2.45, 2.75) is 19.8 Å². The molecule has 7 heteroatoms. The number of carbonyl (C=O) groups excluding carboxylic acids is 1. The number of carboxylic acid groups (broad SMARTS) is 1. The number of hydrogen-bond donors (Lipinski definition) is 2. The topological polar surface area (TPSA) is 95.8 Å². The summed E-state index contributed by atoms with van der Waals surface area (Å²) in [5.41, 5.74) is 0. The Morgan fingerprint density at radius 3 is 2.37 bits per heavy atom. The Kier molecular flexibility index (Phi) is 4.25. The molecule has 1 amide bonds. The molecule has 0 aromatic rings. The fourth-order valence-corrected chi connectivity index (χ4v) is 4.63. The van der Waals surface area contributed by atoms with Crippen molar-refractivity contribution in [2.24, 2.45) is 22.1 Å². The van der Waals surface area contributed by atoms with E-state index in [9.17, 15) is 13.8 Å². The van der Waals surface area contributed by atoms with E-state index >= 15 is 0 Å². The highest BCUT2D eigenvalue weighted by Crippen LogP contribution is 2.37. The minimum atomic E-state index is -2.47. The monoisotopic (exact) mass is 288 g/mol. The summed E-state index contributed by atoms with van der Waals surface area (Å²) in [6, 6.07) is 0. The molecule has 0 radical (unpaired) electrons. The Labute approximate surface area is 113 Å². The zero-order valence-corrected chi connectivity index (χ0v) is 11.8. The van der Waals surface area contributed by atoms with Gasteiger partial charge in [0.05, 0.1) is 21.6 Å². The van der Waals surface area contributed by atoms with Crippen molar-refractivity contribution >= 4 is 21.6 Å². The second-order valence-electron chi connectivity index (χ2n) is 5.49. The van der Waals surface area contributed by atoms with Gasteiger partial charge in [0.25, 0.3) is 5.91 Å². The van der Waals surface area contributed by atoms with Crippen molar-refractivity contribution < 1.29 is 18.9 Å². The summed E-state index contributed by atoms with van der Waals surface area (Å²) >= 11 is 0. The van der Waals surface area contributed by atoms with Crippen LogP contribution in [0.25, 0.3) is 0 Å². The number of amides is 1. The van der Waals surface area contributed by atoms with Crippen molar-refractivity contribution in [1.29, 1.82) is 0 Å². The molecule has 2 fully saturated rings.